The molecule has 1 amide bonds. The van der Waals surface area contributed by atoms with Crippen LogP contribution in [0.15, 0.2) is 35.6 Å². The minimum Gasteiger partial charge on any atom is -0.503 e. The van der Waals surface area contributed by atoms with Gasteiger partial charge in [-0.05, 0) is 63.5 Å². The Kier molecular flexibility index (Phi) is 9.37. The van der Waals surface area contributed by atoms with Crippen LogP contribution in [-0.2, 0) is 9.59 Å². The number of methoxy groups -OCH3 is 1. The number of hydrogen-bond acceptors (Lipinski definition) is 5. The van der Waals surface area contributed by atoms with Gasteiger partial charge in [0, 0.05) is 6.54 Å². The van der Waals surface area contributed by atoms with E-state index in [2.05, 4.69) is 18.7 Å². The molecule has 0 unspecified atom stereocenters. The number of Topliss-reactive ketones (excluding diaryl/α,β-unsaturated/α-hetero) is 1. The smallest absolute Gasteiger partial charge is 0.290 e. The highest BCUT2D eigenvalue weighted by Gasteiger charge is 2.42. The second-order valence-electron chi connectivity index (χ2n) is 7.90. The molecule has 6 heteroatoms. The highest BCUT2D eigenvalue weighted by molar-refractivity contribution is 6.08. The van der Waals surface area contributed by atoms with E-state index in [0.717, 1.165) is 57.3 Å². The van der Waals surface area contributed by atoms with Crippen molar-refractivity contribution in [3.63, 3.8) is 0 Å². The number of aliphatic hydroxyl groups excluding tert-OH is 1. The summed E-state index contributed by atoms with van der Waals surface area (Å²) in [6, 6.07) is 6.76. The summed E-state index contributed by atoms with van der Waals surface area (Å²) in [5.74, 6) is -0.533. The minimum absolute atomic E-state index is 0.169. The van der Waals surface area contributed by atoms with Gasteiger partial charge in [-0.3, -0.25) is 9.59 Å². The SMILES string of the molecule is CCCCN(CCCC)CCCN1C(=O)C(O)=C(C(C)=O)[C@@H]1c1cccc(OC)c1. The van der Waals surface area contributed by atoms with Gasteiger partial charge in [0.25, 0.3) is 5.91 Å². The topological polar surface area (TPSA) is 70.1 Å². The number of hydrogen-bond donors (Lipinski definition) is 1. The van der Waals surface area contributed by atoms with Crippen LogP contribution in [0.25, 0.3) is 0 Å². The maximum atomic E-state index is 12.8. The molecule has 1 aromatic carbocycles. The first kappa shape index (κ1) is 23.9. The highest BCUT2D eigenvalue weighted by atomic mass is 16.5. The molecular weight excluding hydrogens is 380 g/mol. The molecule has 6 nitrogen and oxygen atoms in total. The molecule has 0 bridgehead atoms. The molecule has 0 radical (unpaired) electrons. The van der Waals surface area contributed by atoms with E-state index in [1.165, 1.54) is 6.92 Å². The van der Waals surface area contributed by atoms with Crippen molar-refractivity contribution >= 4 is 11.7 Å². The molecule has 1 aromatic rings. The quantitative estimate of drug-likeness (QED) is 0.520. The fraction of sp³-hybridized carbons (Fsp3) is 0.583. The van der Waals surface area contributed by atoms with Crippen molar-refractivity contribution < 1.29 is 19.4 Å². The third kappa shape index (κ3) is 5.85. The van der Waals surface area contributed by atoms with Crippen molar-refractivity contribution in [2.45, 2.75) is 58.9 Å². The van der Waals surface area contributed by atoms with Gasteiger partial charge in [-0.25, -0.2) is 0 Å². The molecule has 0 saturated carbocycles. The maximum Gasteiger partial charge on any atom is 0.290 e. The van der Waals surface area contributed by atoms with Crippen LogP contribution < -0.4 is 4.74 Å². The van der Waals surface area contributed by atoms with Gasteiger partial charge in [0.2, 0.25) is 0 Å². The molecule has 0 aliphatic carbocycles. The van der Waals surface area contributed by atoms with Gasteiger partial charge in [0.1, 0.15) is 5.75 Å². The number of ketones is 1. The van der Waals surface area contributed by atoms with E-state index in [9.17, 15) is 14.7 Å². The zero-order chi connectivity index (χ0) is 22.1. The van der Waals surface area contributed by atoms with Crippen molar-refractivity contribution in [1.82, 2.24) is 9.80 Å². The molecule has 0 aromatic heterocycles. The average Bonchev–Trinajstić information content (AvgIpc) is 3.00. The third-order valence-electron chi connectivity index (χ3n) is 5.62. The second kappa shape index (κ2) is 11.7. The molecule has 0 spiro atoms. The summed E-state index contributed by atoms with van der Waals surface area (Å²) in [6.07, 6.45) is 5.43. The minimum atomic E-state index is -0.579. The second-order valence-corrected chi connectivity index (χ2v) is 7.90. The monoisotopic (exact) mass is 416 g/mol. The normalized spacial score (nSPS) is 16.6. The molecular formula is C24H36N2O4. The average molecular weight is 417 g/mol. The maximum absolute atomic E-state index is 12.8. The Labute approximate surface area is 180 Å². The van der Waals surface area contributed by atoms with Crippen molar-refractivity contribution in [3.05, 3.63) is 41.2 Å². The summed E-state index contributed by atoms with van der Waals surface area (Å²) in [5.41, 5.74) is 0.938. The summed E-state index contributed by atoms with van der Waals surface area (Å²) in [4.78, 5) is 29.1. The first-order valence-corrected chi connectivity index (χ1v) is 11.1. The lowest BCUT2D eigenvalue weighted by Crippen LogP contribution is -2.35. The van der Waals surface area contributed by atoms with E-state index in [1.54, 1.807) is 12.0 Å². The van der Waals surface area contributed by atoms with Crippen LogP contribution in [0.1, 0.15) is 64.5 Å². The highest BCUT2D eigenvalue weighted by Crippen LogP contribution is 2.38. The van der Waals surface area contributed by atoms with Crippen LogP contribution in [-0.4, -0.2) is 59.9 Å². The number of carbonyl (C=O) groups excluding carboxylic acids is 2. The van der Waals surface area contributed by atoms with Gasteiger partial charge in [-0.2, -0.15) is 0 Å². The third-order valence-corrected chi connectivity index (χ3v) is 5.62. The van der Waals surface area contributed by atoms with Crippen LogP contribution in [0.3, 0.4) is 0 Å². The number of benzene rings is 1. The first-order valence-electron chi connectivity index (χ1n) is 11.1. The molecule has 1 aliphatic rings. The Bertz CT molecular complexity index is 751. The van der Waals surface area contributed by atoms with Crippen LogP contribution in [0.5, 0.6) is 5.75 Å². The van der Waals surface area contributed by atoms with Gasteiger partial charge in [0.15, 0.2) is 11.5 Å². The molecule has 0 fully saturated rings. The Morgan fingerprint density at radius 3 is 2.33 bits per heavy atom. The Morgan fingerprint density at radius 2 is 1.77 bits per heavy atom. The summed E-state index contributed by atoms with van der Waals surface area (Å²) in [6.45, 7) is 9.28. The molecule has 0 saturated heterocycles. The molecule has 2 rings (SSSR count). The zero-order valence-corrected chi connectivity index (χ0v) is 18.8. The van der Waals surface area contributed by atoms with Gasteiger partial charge >= 0.3 is 0 Å². The molecule has 1 heterocycles. The predicted molar refractivity (Wildman–Crippen MR) is 119 cm³/mol. The molecule has 1 N–H and O–H groups in total. The van der Waals surface area contributed by atoms with E-state index in [4.69, 9.17) is 4.74 Å². The molecule has 1 aliphatic heterocycles. The number of ether oxygens (including phenoxy) is 1. The van der Waals surface area contributed by atoms with E-state index in [0.29, 0.717) is 12.3 Å². The van der Waals surface area contributed by atoms with Crippen molar-refractivity contribution in [2.24, 2.45) is 0 Å². The standard InChI is InChI=1S/C24H36N2O4/c1-5-7-13-25(14-8-6-2)15-10-16-26-22(19-11-9-12-20(17-19)30-4)21(18(3)27)23(28)24(26)29/h9,11-12,17,22,28H,5-8,10,13-16H2,1-4H3/t22-/m0/s1. The number of nitrogens with zero attached hydrogens (tertiary/aromatic N) is 2. The largest absolute Gasteiger partial charge is 0.503 e. The van der Waals surface area contributed by atoms with Crippen LogP contribution in [0, 0.1) is 0 Å². The molecule has 30 heavy (non-hydrogen) atoms. The Hall–Kier alpha value is -2.34. The lowest BCUT2D eigenvalue weighted by Gasteiger charge is -2.28. The van der Waals surface area contributed by atoms with E-state index < -0.39 is 17.7 Å². The number of aliphatic hydroxyl groups is 1. The van der Waals surface area contributed by atoms with Gasteiger partial charge in [-0.15, -0.1) is 0 Å². The van der Waals surface area contributed by atoms with Gasteiger partial charge < -0.3 is 19.6 Å². The van der Waals surface area contributed by atoms with Gasteiger partial charge in [-0.1, -0.05) is 38.8 Å². The summed E-state index contributed by atoms with van der Waals surface area (Å²) >= 11 is 0. The molecule has 166 valence electrons. The van der Waals surface area contributed by atoms with Crippen LogP contribution in [0.2, 0.25) is 0 Å². The number of amides is 1. The van der Waals surface area contributed by atoms with E-state index in [1.807, 2.05) is 24.3 Å². The predicted octanol–water partition coefficient (Wildman–Crippen LogP) is 4.27. The zero-order valence-electron chi connectivity index (χ0n) is 18.8. The van der Waals surface area contributed by atoms with Gasteiger partial charge in [0.05, 0.1) is 18.7 Å². The Morgan fingerprint density at radius 1 is 1.13 bits per heavy atom. The number of rotatable bonds is 13. The fourth-order valence-electron chi connectivity index (χ4n) is 3.97. The van der Waals surface area contributed by atoms with Crippen LogP contribution in [0.4, 0.5) is 0 Å². The lowest BCUT2D eigenvalue weighted by molar-refractivity contribution is -0.129. The van der Waals surface area contributed by atoms with Crippen LogP contribution >= 0.6 is 0 Å². The fourth-order valence-corrected chi connectivity index (χ4v) is 3.97. The summed E-state index contributed by atoms with van der Waals surface area (Å²) in [7, 11) is 1.58. The molecule has 1 atom stereocenters. The van der Waals surface area contributed by atoms with E-state index >= 15 is 0 Å². The van der Waals surface area contributed by atoms with Crippen molar-refractivity contribution in [1.29, 1.82) is 0 Å². The first-order chi connectivity index (χ1) is 14.4. The summed E-state index contributed by atoms with van der Waals surface area (Å²) < 4.78 is 5.31. The van der Waals surface area contributed by atoms with Crippen molar-refractivity contribution in [3.8, 4) is 5.75 Å². The number of carbonyl (C=O) groups is 2. The lowest BCUT2D eigenvalue weighted by atomic mass is 9.96. The Balaban J connectivity index is 2.17. The van der Waals surface area contributed by atoms with Crippen molar-refractivity contribution in [2.75, 3.05) is 33.3 Å². The summed E-state index contributed by atoms with van der Waals surface area (Å²) in [5, 5.41) is 10.4. The van der Waals surface area contributed by atoms with E-state index in [-0.39, 0.29) is 11.4 Å². The number of unbranched alkanes of at least 4 members (excludes halogenated alkanes) is 2.